The molecule has 0 aliphatic rings. The van der Waals surface area contributed by atoms with E-state index in [0.29, 0.717) is 0 Å². The maximum Gasteiger partial charge on any atom is 0.310 e. The normalized spacial score (nSPS) is 11.3. The van der Waals surface area contributed by atoms with Crippen LogP contribution in [0.2, 0.25) is 0 Å². The molecule has 8 heteroatoms. The van der Waals surface area contributed by atoms with Gasteiger partial charge >= 0.3 is 5.69 Å². The average molecular weight is 247 g/mol. The van der Waals surface area contributed by atoms with Crippen molar-refractivity contribution in [2.75, 3.05) is 12.4 Å². The minimum atomic E-state index is -3.71. The van der Waals surface area contributed by atoms with Gasteiger partial charge in [0.25, 0.3) is 0 Å². The average Bonchev–Trinajstić information content (AvgIpc) is 2.16. The van der Waals surface area contributed by atoms with E-state index in [9.17, 15) is 23.6 Å². The number of benzene rings is 1. The molecule has 1 aromatic carbocycles. The summed E-state index contributed by atoms with van der Waals surface area (Å²) in [7, 11) is -3.71. The van der Waals surface area contributed by atoms with Gasteiger partial charge in [-0.25, -0.2) is 8.42 Å². The molecule has 0 aromatic heterocycles. The number of nitrogens with zero attached hydrogens (tertiary/aromatic N) is 1. The lowest BCUT2D eigenvalue weighted by molar-refractivity contribution is -0.385. The molecule has 0 fully saturated rings. The number of nitro benzene ring substituents is 1. The zero-order chi connectivity index (χ0) is 12.3. The molecule has 0 amide bonds. The van der Waals surface area contributed by atoms with Crippen LogP contribution in [-0.4, -0.2) is 35.9 Å². The van der Waals surface area contributed by atoms with Crippen LogP contribution in [0.5, 0.6) is 5.75 Å². The van der Waals surface area contributed by atoms with E-state index < -0.39 is 38.6 Å². The number of aliphatic hydroxyl groups is 1. The van der Waals surface area contributed by atoms with Gasteiger partial charge in [0, 0.05) is 12.1 Å². The van der Waals surface area contributed by atoms with Crippen LogP contribution in [0.15, 0.2) is 23.1 Å². The van der Waals surface area contributed by atoms with Gasteiger partial charge < -0.3 is 10.2 Å². The Hall–Kier alpha value is -1.67. The molecule has 1 rings (SSSR count). The first-order valence-corrected chi connectivity index (χ1v) is 5.85. The van der Waals surface area contributed by atoms with Gasteiger partial charge in [-0.2, -0.15) is 0 Å². The molecule has 0 saturated heterocycles. The van der Waals surface area contributed by atoms with E-state index in [4.69, 9.17) is 5.11 Å². The number of sulfone groups is 1. The van der Waals surface area contributed by atoms with E-state index in [1.165, 1.54) is 0 Å². The van der Waals surface area contributed by atoms with Gasteiger partial charge in [0.15, 0.2) is 15.6 Å². The topological polar surface area (TPSA) is 118 Å². The van der Waals surface area contributed by atoms with Gasteiger partial charge in [-0.3, -0.25) is 10.1 Å². The molecule has 16 heavy (non-hydrogen) atoms. The van der Waals surface area contributed by atoms with Crippen molar-refractivity contribution in [1.82, 2.24) is 0 Å². The summed E-state index contributed by atoms with van der Waals surface area (Å²) in [6, 6.07) is 2.71. The maximum absolute atomic E-state index is 11.4. The number of aliphatic hydroxyl groups excluding tert-OH is 1. The third-order valence-corrected chi connectivity index (χ3v) is 3.55. The maximum atomic E-state index is 11.4. The van der Waals surface area contributed by atoms with Crippen LogP contribution in [0, 0.1) is 10.1 Å². The minimum Gasteiger partial charge on any atom is -0.502 e. The molecular formula is C8H9NO6S. The third-order valence-electron chi connectivity index (χ3n) is 1.86. The number of hydrogen-bond acceptors (Lipinski definition) is 6. The number of phenols is 1. The fourth-order valence-electron chi connectivity index (χ4n) is 1.09. The molecule has 0 radical (unpaired) electrons. The lowest BCUT2D eigenvalue weighted by atomic mass is 10.3. The highest BCUT2D eigenvalue weighted by Gasteiger charge is 2.19. The third kappa shape index (κ3) is 2.47. The molecule has 0 spiro atoms. The summed E-state index contributed by atoms with van der Waals surface area (Å²) < 4.78 is 22.8. The lowest BCUT2D eigenvalue weighted by Gasteiger charge is -2.03. The Balaban J connectivity index is 3.21. The summed E-state index contributed by atoms with van der Waals surface area (Å²) in [4.78, 5) is 9.28. The van der Waals surface area contributed by atoms with Crippen molar-refractivity contribution in [3.05, 3.63) is 28.3 Å². The molecule has 7 nitrogen and oxygen atoms in total. The fourth-order valence-corrected chi connectivity index (χ4v) is 2.13. The van der Waals surface area contributed by atoms with E-state index in [1.807, 2.05) is 0 Å². The Morgan fingerprint density at radius 2 is 2.00 bits per heavy atom. The van der Waals surface area contributed by atoms with Crippen LogP contribution < -0.4 is 0 Å². The molecule has 88 valence electrons. The molecule has 0 bridgehead atoms. The predicted molar refractivity (Wildman–Crippen MR) is 53.9 cm³/mol. The monoisotopic (exact) mass is 247 g/mol. The highest BCUT2D eigenvalue weighted by atomic mass is 32.2. The molecule has 0 saturated carbocycles. The first-order chi connectivity index (χ1) is 7.38. The van der Waals surface area contributed by atoms with Gasteiger partial charge in [-0.05, 0) is 6.07 Å². The zero-order valence-electron chi connectivity index (χ0n) is 8.03. The summed E-state index contributed by atoms with van der Waals surface area (Å²) in [5, 5.41) is 28.1. The van der Waals surface area contributed by atoms with Crippen LogP contribution in [0.25, 0.3) is 0 Å². The standard InChI is InChI=1S/C8H9NO6S/c10-3-4-16(14,15)6-1-2-7(9(12)13)8(11)5-6/h1-2,5,10-11H,3-4H2. The van der Waals surface area contributed by atoms with Crippen molar-refractivity contribution in [3.8, 4) is 5.75 Å². The van der Waals surface area contributed by atoms with Crippen molar-refractivity contribution in [3.63, 3.8) is 0 Å². The van der Waals surface area contributed by atoms with E-state index in [0.717, 1.165) is 18.2 Å². The number of aromatic hydroxyl groups is 1. The molecule has 0 aliphatic heterocycles. The summed E-state index contributed by atoms with van der Waals surface area (Å²) >= 11 is 0. The van der Waals surface area contributed by atoms with Crippen LogP contribution in [0.3, 0.4) is 0 Å². The predicted octanol–water partition coefficient (Wildman–Crippen LogP) is 0.0664. The van der Waals surface area contributed by atoms with E-state index >= 15 is 0 Å². The molecule has 0 aliphatic carbocycles. The molecule has 2 N–H and O–H groups in total. The summed E-state index contributed by atoms with van der Waals surface area (Å²) in [6.07, 6.45) is 0. The first-order valence-electron chi connectivity index (χ1n) is 4.19. The van der Waals surface area contributed by atoms with Gasteiger partial charge in [-0.15, -0.1) is 0 Å². The van der Waals surface area contributed by atoms with Crippen molar-refractivity contribution in [2.45, 2.75) is 4.90 Å². The second kappa shape index (κ2) is 4.45. The Morgan fingerprint density at radius 1 is 1.38 bits per heavy atom. The fraction of sp³-hybridized carbons (Fsp3) is 0.250. The molecular weight excluding hydrogens is 238 g/mol. The van der Waals surface area contributed by atoms with Gasteiger partial charge in [-0.1, -0.05) is 0 Å². The highest BCUT2D eigenvalue weighted by Crippen LogP contribution is 2.28. The second-order valence-corrected chi connectivity index (χ2v) is 5.06. The zero-order valence-corrected chi connectivity index (χ0v) is 8.85. The van der Waals surface area contributed by atoms with Crippen LogP contribution in [0.4, 0.5) is 5.69 Å². The van der Waals surface area contributed by atoms with E-state index in [-0.39, 0.29) is 4.90 Å². The van der Waals surface area contributed by atoms with Crippen LogP contribution in [0.1, 0.15) is 0 Å². The number of hydrogen-bond donors (Lipinski definition) is 2. The SMILES string of the molecule is O=[N+]([O-])c1ccc(S(=O)(=O)CCO)cc1O. The highest BCUT2D eigenvalue weighted by molar-refractivity contribution is 7.91. The summed E-state index contributed by atoms with van der Waals surface area (Å²) in [6.45, 7) is -0.555. The number of nitro groups is 1. The lowest BCUT2D eigenvalue weighted by Crippen LogP contribution is -2.10. The van der Waals surface area contributed by atoms with Crippen LogP contribution >= 0.6 is 0 Å². The van der Waals surface area contributed by atoms with Crippen molar-refractivity contribution < 1.29 is 23.6 Å². The van der Waals surface area contributed by atoms with Gasteiger partial charge in [0.1, 0.15) is 0 Å². The minimum absolute atomic E-state index is 0.260. The smallest absolute Gasteiger partial charge is 0.310 e. The molecule has 0 atom stereocenters. The number of rotatable bonds is 4. The molecule has 0 heterocycles. The quantitative estimate of drug-likeness (QED) is 0.574. The van der Waals surface area contributed by atoms with Crippen LogP contribution in [-0.2, 0) is 9.84 Å². The Labute approximate surface area is 91.0 Å². The van der Waals surface area contributed by atoms with Gasteiger partial charge in [0.2, 0.25) is 0 Å². The molecule has 0 unspecified atom stereocenters. The molecule has 1 aromatic rings. The Morgan fingerprint density at radius 3 is 2.44 bits per heavy atom. The first kappa shape index (κ1) is 12.4. The van der Waals surface area contributed by atoms with Gasteiger partial charge in [0.05, 0.1) is 22.2 Å². The van der Waals surface area contributed by atoms with Crippen molar-refractivity contribution >= 4 is 15.5 Å². The van der Waals surface area contributed by atoms with Crippen molar-refractivity contribution in [2.24, 2.45) is 0 Å². The number of phenolic OH excluding ortho intramolecular Hbond substituents is 1. The summed E-state index contributed by atoms with van der Waals surface area (Å²) in [5.74, 6) is -1.21. The Kier molecular flexibility index (Phi) is 3.45. The Bertz CT molecular complexity index is 509. The van der Waals surface area contributed by atoms with E-state index in [2.05, 4.69) is 0 Å². The van der Waals surface area contributed by atoms with E-state index in [1.54, 1.807) is 0 Å². The van der Waals surface area contributed by atoms with Crippen molar-refractivity contribution in [1.29, 1.82) is 0 Å². The second-order valence-electron chi connectivity index (χ2n) is 2.95. The largest absolute Gasteiger partial charge is 0.502 e. The summed E-state index contributed by atoms with van der Waals surface area (Å²) in [5.41, 5.74) is -0.567.